The van der Waals surface area contributed by atoms with Crippen LogP contribution in [0.3, 0.4) is 0 Å². The normalized spacial score (nSPS) is 17.5. The summed E-state index contributed by atoms with van der Waals surface area (Å²) in [6, 6.07) is 6.48. The van der Waals surface area contributed by atoms with Gasteiger partial charge in [0.25, 0.3) is 0 Å². The minimum atomic E-state index is 0.214. The van der Waals surface area contributed by atoms with Crippen LogP contribution < -0.4 is 10.5 Å². The van der Waals surface area contributed by atoms with Gasteiger partial charge in [0.1, 0.15) is 12.4 Å². The molecular weight excluding hydrogens is 186 g/mol. The Hall–Kier alpha value is -1.02. The average molecular weight is 205 g/mol. The third-order valence-corrected chi connectivity index (χ3v) is 2.87. The summed E-state index contributed by atoms with van der Waals surface area (Å²) in [5.74, 6) is 1.65. The van der Waals surface area contributed by atoms with Crippen molar-refractivity contribution in [3.05, 3.63) is 29.3 Å². The molecule has 82 valence electrons. The molecule has 1 aliphatic carbocycles. The first-order valence-electron chi connectivity index (χ1n) is 5.62. The topological polar surface area (TPSA) is 35.2 Å². The SMILES string of the molecule is Cc1cc(C)cc(OC[C@H](N)C2CC2)c1. The van der Waals surface area contributed by atoms with Crippen molar-refractivity contribution in [3.63, 3.8) is 0 Å². The van der Waals surface area contributed by atoms with E-state index in [-0.39, 0.29) is 6.04 Å². The number of aryl methyl sites for hydroxylation is 2. The van der Waals surface area contributed by atoms with E-state index in [4.69, 9.17) is 10.5 Å². The summed E-state index contributed by atoms with van der Waals surface area (Å²) in [6.45, 7) is 4.81. The first-order valence-corrected chi connectivity index (χ1v) is 5.62. The van der Waals surface area contributed by atoms with Gasteiger partial charge in [-0.3, -0.25) is 0 Å². The van der Waals surface area contributed by atoms with Gasteiger partial charge in [-0.15, -0.1) is 0 Å². The summed E-state index contributed by atoms with van der Waals surface area (Å²) in [5.41, 5.74) is 8.46. The van der Waals surface area contributed by atoms with Crippen LogP contribution in [0.1, 0.15) is 24.0 Å². The van der Waals surface area contributed by atoms with E-state index in [0.29, 0.717) is 12.5 Å². The van der Waals surface area contributed by atoms with Crippen molar-refractivity contribution >= 4 is 0 Å². The van der Waals surface area contributed by atoms with Crippen LogP contribution in [-0.4, -0.2) is 12.6 Å². The van der Waals surface area contributed by atoms with Crippen LogP contribution in [0.25, 0.3) is 0 Å². The Kier molecular flexibility index (Phi) is 2.96. The van der Waals surface area contributed by atoms with Crippen molar-refractivity contribution in [2.75, 3.05) is 6.61 Å². The maximum Gasteiger partial charge on any atom is 0.119 e. The van der Waals surface area contributed by atoms with Crippen LogP contribution in [0, 0.1) is 19.8 Å². The Labute approximate surface area is 91.4 Å². The molecule has 1 fully saturated rings. The number of rotatable bonds is 4. The zero-order chi connectivity index (χ0) is 10.8. The van der Waals surface area contributed by atoms with Gasteiger partial charge < -0.3 is 10.5 Å². The fourth-order valence-corrected chi connectivity index (χ4v) is 1.87. The van der Waals surface area contributed by atoms with Gasteiger partial charge in [0.2, 0.25) is 0 Å². The molecule has 1 aromatic rings. The summed E-state index contributed by atoms with van der Waals surface area (Å²) in [4.78, 5) is 0. The molecule has 0 aromatic heterocycles. The molecule has 1 saturated carbocycles. The smallest absolute Gasteiger partial charge is 0.119 e. The third kappa shape index (κ3) is 2.96. The molecular formula is C13H19NO. The molecule has 0 amide bonds. The Morgan fingerprint density at radius 2 is 1.87 bits per heavy atom. The largest absolute Gasteiger partial charge is 0.492 e. The number of ether oxygens (including phenoxy) is 1. The van der Waals surface area contributed by atoms with E-state index >= 15 is 0 Å². The van der Waals surface area contributed by atoms with E-state index in [1.165, 1.54) is 24.0 Å². The average Bonchev–Trinajstić information content (AvgIpc) is 2.95. The van der Waals surface area contributed by atoms with Gasteiger partial charge in [0, 0.05) is 6.04 Å². The lowest BCUT2D eigenvalue weighted by Gasteiger charge is -2.13. The fraction of sp³-hybridized carbons (Fsp3) is 0.538. The zero-order valence-electron chi connectivity index (χ0n) is 9.49. The fourth-order valence-electron chi connectivity index (χ4n) is 1.87. The number of benzene rings is 1. The second-order valence-corrected chi connectivity index (χ2v) is 4.64. The Morgan fingerprint density at radius 3 is 2.40 bits per heavy atom. The second-order valence-electron chi connectivity index (χ2n) is 4.64. The minimum absolute atomic E-state index is 0.214. The molecule has 0 saturated heterocycles. The van der Waals surface area contributed by atoms with Gasteiger partial charge in [-0.1, -0.05) is 6.07 Å². The van der Waals surface area contributed by atoms with Crippen molar-refractivity contribution in [3.8, 4) is 5.75 Å². The highest BCUT2D eigenvalue weighted by atomic mass is 16.5. The highest BCUT2D eigenvalue weighted by Gasteiger charge is 2.28. The van der Waals surface area contributed by atoms with E-state index in [2.05, 4.69) is 32.0 Å². The highest BCUT2D eigenvalue weighted by Crippen LogP contribution is 2.31. The standard InChI is InChI=1S/C13H19NO/c1-9-5-10(2)7-12(6-9)15-8-13(14)11-3-4-11/h5-7,11,13H,3-4,8,14H2,1-2H3/t13-/m0/s1. The molecule has 0 aliphatic heterocycles. The van der Waals surface area contributed by atoms with Crippen molar-refractivity contribution in [1.82, 2.24) is 0 Å². The van der Waals surface area contributed by atoms with Crippen molar-refractivity contribution in [2.45, 2.75) is 32.7 Å². The van der Waals surface area contributed by atoms with Crippen LogP contribution in [0.2, 0.25) is 0 Å². The number of hydrogen-bond donors (Lipinski definition) is 1. The van der Waals surface area contributed by atoms with E-state index in [1.54, 1.807) is 0 Å². The third-order valence-electron chi connectivity index (χ3n) is 2.87. The quantitative estimate of drug-likeness (QED) is 0.819. The van der Waals surface area contributed by atoms with Crippen LogP contribution in [0.5, 0.6) is 5.75 Å². The first-order chi connectivity index (χ1) is 7.15. The maximum absolute atomic E-state index is 5.98. The highest BCUT2D eigenvalue weighted by molar-refractivity contribution is 5.33. The summed E-state index contributed by atoms with van der Waals surface area (Å²) in [6.07, 6.45) is 2.55. The summed E-state index contributed by atoms with van der Waals surface area (Å²) in [5, 5.41) is 0. The molecule has 1 atom stereocenters. The number of nitrogens with two attached hydrogens (primary N) is 1. The summed E-state index contributed by atoms with van der Waals surface area (Å²) >= 11 is 0. The molecule has 2 nitrogen and oxygen atoms in total. The Bertz CT molecular complexity index is 324. The molecule has 1 aromatic carbocycles. The lowest BCUT2D eigenvalue weighted by molar-refractivity contribution is 0.276. The lowest BCUT2D eigenvalue weighted by Crippen LogP contribution is -2.29. The molecule has 0 heterocycles. The summed E-state index contributed by atoms with van der Waals surface area (Å²) < 4.78 is 5.71. The van der Waals surface area contributed by atoms with Gasteiger partial charge in [-0.05, 0) is 55.9 Å². The van der Waals surface area contributed by atoms with Gasteiger partial charge in [-0.2, -0.15) is 0 Å². The molecule has 0 radical (unpaired) electrons. The van der Waals surface area contributed by atoms with Crippen LogP contribution in [0.15, 0.2) is 18.2 Å². The van der Waals surface area contributed by atoms with Crippen molar-refractivity contribution in [2.24, 2.45) is 11.7 Å². The number of hydrogen-bond acceptors (Lipinski definition) is 2. The monoisotopic (exact) mass is 205 g/mol. The molecule has 15 heavy (non-hydrogen) atoms. The van der Waals surface area contributed by atoms with Gasteiger partial charge >= 0.3 is 0 Å². The molecule has 0 bridgehead atoms. The van der Waals surface area contributed by atoms with Gasteiger partial charge in [0.05, 0.1) is 0 Å². The minimum Gasteiger partial charge on any atom is -0.492 e. The van der Waals surface area contributed by atoms with E-state index in [9.17, 15) is 0 Å². The summed E-state index contributed by atoms with van der Waals surface area (Å²) in [7, 11) is 0. The van der Waals surface area contributed by atoms with Crippen LogP contribution in [0.4, 0.5) is 0 Å². The predicted octanol–water partition coefficient (Wildman–Crippen LogP) is 2.42. The molecule has 2 heteroatoms. The van der Waals surface area contributed by atoms with Gasteiger partial charge in [-0.25, -0.2) is 0 Å². The van der Waals surface area contributed by atoms with E-state index in [0.717, 1.165) is 5.75 Å². The molecule has 2 N–H and O–H groups in total. The molecule has 0 spiro atoms. The Morgan fingerprint density at radius 1 is 1.27 bits per heavy atom. The predicted molar refractivity (Wildman–Crippen MR) is 62.1 cm³/mol. The zero-order valence-corrected chi connectivity index (χ0v) is 9.49. The Balaban J connectivity index is 1.91. The van der Waals surface area contributed by atoms with Gasteiger partial charge in [0.15, 0.2) is 0 Å². The van der Waals surface area contributed by atoms with Crippen molar-refractivity contribution < 1.29 is 4.74 Å². The second kappa shape index (κ2) is 4.23. The first kappa shape index (κ1) is 10.5. The molecule has 1 aliphatic rings. The van der Waals surface area contributed by atoms with Crippen molar-refractivity contribution in [1.29, 1.82) is 0 Å². The molecule has 2 rings (SSSR count). The van der Waals surface area contributed by atoms with E-state index < -0.39 is 0 Å². The van der Waals surface area contributed by atoms with E-state index in [1.807, 2.05) is 0 Å². The van der Waals surface area contributed by atoms with Crippen LogP contribution >= 0.6 is 0 Å². The molecule has 0 unspecified atom stereocenters. The van der Waals surface area contributed by atoms with Crippen LogP contribution in [-0.2, 0) is 0 Å². The maximum atomic E-state index is 5.98. The lowest BCUT2D eigenvalue weighted by atomic mass is 10.1.